The lowest BCUT2D eigenvalue weighted by Gasteiger charge is -2.16. The molecule has 1 saturated carbocycles. The van der Waals surface area contributed by atoms with Crippen molar-refractivity contribution in [1.82, 2.24) is 14.4 Å². The third kappa shape index (κ3) is 3.01. The average Bonchev–Trinajstić information content (AvgIpc) is 3.42. The predicted molar refractivity (Wildman–Crippen MR) is 113 cm³/mol. The van der Waals surface area contributed by atoms with Gasteiger partial charge in [0.25, 0.3) is 0 Å². The maximum atomic E-state index is 6.46. The highest BCUT2D eigenvalue weighted by Gasteiger charge is 2.24. The van der Waals surface area contributed by atoms with E-state index in [9.17, 15) is 0 Å². The minimum Gasteiger partial charge on any atom is -0.367 e. The monoisotopic (exact) mass is 394 g/mol. The summed E-state index contributed by atoms with van der Waals surface area (Å²) in [5, 5.41) is 6.58. The zero-order valence-corrected chi connectivity index (χ0v) is 16.3. The number of nitrogens with zero attached hydrogens (tertiary/aromatic N) is 3. The summed E-state index contributed by atoms with van der Waals surface area (Å²) >= 11 is 8.12. The first-order chi connectivity index (χ1) is 13.3. The van der Waals surface area contributed by atoms with E-state index in [-0.39, 0.29) is 0 Å². The van der Waals surface area contributed by atoms with Crippen molar-refractivity contribution >= 4 is 33.7 Å². The Hall–Kier alpha value is -2.37. The van der Waals surface area contributed by atoms with Gasteiger partial charge in [-0.05, 0) is 24.5 Å². The van der Waals surface area contributed by atoms with E-state index in [1.165, 1.54) is 31.2 Å². The molecule has 3 aromatic heterocycles. The minimum atomic E-state index is 0.479. The molecule has 1 aromatic carbocycles. The molecule has 0 saturated heterocycles. The highest BCUT2D eigenvalue weighted by atomic mass is 35.5. The Morgan fingerprint density at radius 3 is 2.70 bits per heavy atom. The summed E-state index contributed by atoms with van der Waals surface area (Å²) in [6, 6.07) is 12.9. The van der Waals surface area contributed by atoms with Crippen LogP contribution in [0, 0.1) is 0 Å². The number of hydrogen-bond acceptors (Lipinski definition) is 4. The molecular weight excluding hydrogens is 376 g/mol. The zero-order chi connectivity index (χ0) is 18.2. The van der Waals surface area contributed by atoms with E-state index in [1.54, 1.807) is 23.7 Å². The molecule has 4 aromatic rings. The van der Waals surface area contributed by atoms with Gasteiger partial charge in [0, 0.05) is 29.4 Å². The van der Waals surface area contributed by atoms with E-state index >= 15 is 0 Å². The van der Waals surface area contributed by atoms with Crippen LogP contribution in [0.3, 0.4) is 0 Å². The number of anilines is 1. The Kier molecular flexibility index (Phi) is 4.34. The highest BCUT2D eigenvalue weighted by Crippen LogP contribution is 2.39. The molecule has 1 fully saturated rings. The fourth-order valence-electron chi connectivity index (χ4n) is 3.82. The van der Waals surface area contributed by atoms with Gasteiger partial charge in [-0.3, -0.25) is 9.38 Å². The molecule has 27 heavy (non-hydrogen) atoms. The molecule has 4 nitrogen and oxygen atoms in total. The number of fused-ring (bicyclic) bond motifs is 1. The largest absolute Gasteiger partial charge is 0.367 e. The predicted octanol–water partition coefficient (Wildman–Crippen LogP) is 6.13. The van der Waals surface area contributed by atoms with Crippen LogP contribution in [0.5, 0.6) is 0 Å². The van der Waals surface area contributed by atoms with Crippen LogP contribution in [0.15, 0.2) is 54.2 Å². The third-order valence-electron chi connectivity index (χ3n) is 5.16. The van der Waals surface area contributed by atoms with Crippen LogP contribution in [-0.2, 0) is 0 Å². The zero-order valence-electron chi connectivity index (χ0n) is 14.7. The number of thiazole rings is 1. The molecule has 0 atom stereocenters. The first-order valence-corrected chi connectivity index (χ1v) is 10.5. The molecule has 0 unspecified atom stereocenters. The quantitative estimate of drug-likeness (QED) is 0.452. The number of halogens is 1. The number of imidazole rings is 1. The van der Waals surface area contributed by atoms with Crippen LogP contribution in [0.25, 0.3) is 27.5 Å². The summed E-state index contributed by atoms with van der Waals surface area (Å²) in [6.45, 7) is 0. The van der Waals surface area contributed by atoms with E-state index in [4.69, 9.17) is 16.6 Å². The molecule has 1 N–H and O–H groups in total. The second kappa shape index (κ2) is 6.98. The van der Waals surface area contributed by atoms with E-state index in [1.807, 2.05) is 12.1 Å². The highest BCUT2D eigenvalue weighted by molar-refractivity contribution is 7.15. The summed E-state index contributed by atoms with van der Waals surface area (Å²) in [5.74, 6) is 1.03. The van der Waals surface area contributed by atoms with Gasteiger partial charge in [0.05, 0.1) is 10.7 Å². The average molecular weight is 395 g/mol. The summed E-state index contributed by atoms with van der Waals surface area (Å²) < 4.78 is 2.24. The molecule has 0 aliphatic heterocycles. The molecule has 0 spiro atoms. The Balaban J connectivity index is 1.72. The standard InChI is InChI=1S/C21H19ClN4S/c22-17-12-23-11-10-16(17)19-20(24-15-8-4-5-9-15)26-18(13-27-21(26)25-19)14-6-2-1-3-7-14/h1-3,6-7,10-13,15,24H,4-5,8-9H2. The van der Waals surface area contributed by atoms with Crippen LogP contribution < -0.4 is 5.32 Å². The maximum absolute atomic E-state index is 6.46. The van der Waals surface area contributed by atoms with Crippen molar-refractivity contribution in [2.24, 2.45) is 0 Å². The molecule has 0 bridgehead atoms. The van der Waals surface area contributed by atoms with Gasteiger partial charge < -0.3 is 5.32 Å². The first kappa shape index (κ1) is 16.8. The maximum Gasteiger partial charge on any atom is 0.196 e. The number of rotatable bonds is 4. The van der Waals surface area contributed by atoms with Crippen molar-refractivity contribution < 1.29 is 0 Å². The first-order valence-electron chi connectivity index (χ1n) is 9.23. The Morgan fingerprint density at radius 2 is 1.93 bits per heavy atom. The lowest BCUT2D eigenvalue weighted by Crippen LogP contribution is -2.16. The van der Waals surface area contributed by atoms with Gasteiger partial charge >= 0.3 is 0 Å². The van der Waals surface area contributed by atoms with Crippen LogP contribution in [0.4, 0.5) is 5.82 Å². The summed E-state index contributed by atoms with van der Waals surface area (Å²) in [5.41, 5.74) is 4.16. The van der Waals surface area contributed by atoms with Crippen LogP contribution in [0.1, 0.15) is 25.7 Å². The Morgan fingerprint density at radius 1 is 1.11 bits per heavy atom. The van der Waals surface area contributed by atoms with Gasteiger partial charge in [-0.2, -0.15) is 0 Å². The number of hydrogen-bond donors (Lipinski definition) is 1. The fraction of sp³-hybridized carbons (Fsp3) is 0.238. The molecule has 5 rings (SSSR count). The van der Waals surface area contributed by atoms with Gasteiger partial charge in [0.2, 0.25) is 0 Å². The number of nitrogens with one attached hydrogen (secondary N) is 1. The molecule has 136 valence electrons. The van der Waals surface area contributed by atoms with Crippen molar-refractivity contribution in [2.45, 2.75) is 31.7 Å². The van der Waals surface area contributed by atoms with E-state index in [2.05, 4.69) is 44.3 Å². The summed E-state index contributed by atoms with van der Waals surface area (Å²) in [4.78, 5) is 10.0. The normalized spacial score (nSPS) is 14.9. The number of benzene rings is 1. The summed E-state index contributed by atoms with van der Waals surface area (Å²) in [7, 11) is 0. The second-order valence-corrected chi connectivity index (χ2v) is 8.14. The summed E-state index contributed by atoms with van der Waals surface area (Å²) in [6.07, 6.45) is 8.40. The van der Waals surface area contributed by atoms with Gasteiger partial charge in [-0.25, -0.2) is 4.98 Å². The molecule has 1 aliphatic carbocycles. The molecule has 6 heteroatoms. The van der Waals surface area contributed by atoms with Crippen LogP contribution >= 0.6 is 22.9 Å². The molecular formula is C21H19ClN4S. The fourth-order valence-corrected chi connectivity index (χ4v) is 4.93. The molecule has 3 heterocycles. The molecule has 0 radical (unpaired) electrons. The van der Waals surface area contributed by atoms with Crippen molar-refractivity contribution in [3.63, 3.8) is 0 Å². The Labute approximate surface area is 166 Å². The van der Waals surface area contributed by atoms with E-state index < -0.39 is 0 Å². The topological polar surface area (TPSA) is 42.2 Å². The third-order valence-corrected chi connectivity index (χ3v) is 6.28. The van der Waals surface area contributed by atoms with Gasteiger partial charge in [-0.1, -0.05) is 54.8 Å². The SMILES string of the molecule is Clc1cnccc1-c1nc2scc(-c3ccccc3)n2c1NC1CCCC1. The molecule has 0 amide bonds. The van der Waals surface area contributed by atoms with Crippen molar-refractivity contribution in [1.29, 1.82) is 0 Å². The lowest BCUT2D eigenvalue weighted by atomic mass is 10.1. The number of pyridine rings is 1. The van der Waals surface area contributed by atoms with Crippen molar-refractivity contribution in [3.8, 4) is 22.5 Å². The van der Waals surface area contributed by atoms with E-state index in [0.717, 1.165) is 27.7 Å². The minimum absolute atomic E-state index is 0.479. The number of aromatic nitrogens is 3. The second-order valence-electron chi connectivity index (χ2n) is 6.90. The molecule has 1 aliphatic rings. The van der Waals surface area contributed by atoms with Gasteiger partial charge in [-0.15, -0.1) is 11.3 Å². The van der Waals surface area contributed by atoms with Gasteiger partial charge in [0.1, 0.15) is 11.5 Å². The smallest absolute Gasteiger partial charge is 0.196 e. The van der Waals surface area contributed by atoms with Crippen LogP contribution in [0.2, 0.25) is 5.02 Å². The van der Waals surface area contributed by atoms with Crippen LogP contribution in [-0.4, -0.2) is 20.4 Å². The Bertz CT molecular complexity index is 1080. The van der Waals surface area contributed by atoms with Gasteiger partial charge in [0.15, 0.2) is 4.96 Å². The van der Waals surface area contributed by atoms with Crippen molar-refractivity contribution in [3.05, 3.63) is 59.2 Å². The lowest BCUT2D eigenvalue weighted by molar-refractivity contribution is 0.750. The van der Waals surface area contributed by atoms with Crippen molar-refractivity contribution in [2.75, 3.05) is 5.32 Å². The van der Waals surface area contributed by atoms with E-state index in [0.29, 0.717) is 11.1 Å².